The third kappa shape index (κ3) is 2.96. The van der Waals surface area contributed by atoms with Crippen molar-refractivity contribution in [3.05, 3.63) is 52.0 Å². The van der Waals surface area contributed by atoms with E-state index in [2.05, 4.69) is 15.5 Å². The van der Waals surface area contributed by atoms with Gasteiger partial charge in [-0.05, 0) is 61.0 Å². The maximum absolute atomic E-state index is 13.2. The maximum Gasteiger partial charge on any atom is 0.273 e. The molecule has 0 amide bonds. The minimum Gasteiger partial charge on any atom is -0.323 e. The predicted molar refractivity (Wildman–Crippen MR) is 102 cm³/mol. The van der Waals surface area contributed by atoms with Gasteiger partial charge >= 0.3 is 0 Å². The summed E-state index contributed by atoms with van der Waals surface area (Å²) in [6.45, 7) is 3.90. The first-order valence-corrected chi connectivity index (χ1v) is 10.4. The highest BCUT2D eigenvalue weighted by Crippen LogP contribution is 2.42. The van der Waals surface area contributed by atoms with Crippen LogP contribution < -0.4 is 5.32 Å². The minimum atomic E-state index is -3.98. The summed E-state index contributed by atoms with van der Waals surface area (Å²) in [7, 11) is -3.98. The predicted octanol–water partition coefficient (Wildman–Crippen LogP) is 3.87. The number of nitrogens with one attached hydrogen (secondary N) is 1. The van der Waals surface area contributed by atoms with Crippen molar-refractivity contribution in [3.8, 4) is 6.07 Å². The highest BCUT2D eigenvalue weighted by atomic mass is 35.5. The second-order valence-electron chi connectivity index (χ2n) is 6.07. The number of aromatic nitrogens is 3. The molecule has 0 unspecified atom stereocenters. The lowest BCUT2D eigenvalue weighted by Gasteiger charge is -2.19. The van der Waals surface area contributed by atoms with Gasteiger partial charge in [-0.1, -0.05) is 17.7 Å². The first kappa shape index (κ1) is 17.9. The first-order valence-electron chi connectivity index (χ1n) is 7.77. The molecule has 7 nitrogen and oxygen atoms in total. The van der Waals surface area contributed by atoms with Crippen molar-refractivity contribution in [2.24, 2.45) is 0 Å². The number of hydrogen-bond donors (Lipinski definition) is 1. The number of anilines is 2. The van der Waals surface area contributed by atoms with E-state index in [1.807, 2.05) is 38.1 Å². The Bertz CT molecular complexity index is 1220. The Morgan fingerprint density at radius 1 is 1.15 bits per heavy atom. The monoisotopic (exact) mass is 417 g/mol. The average Bonchev–Trinajstić information content (AvgIpc) is 2.97. The fourth-order valence-corrected chi connectivity index (χ4v) is 6.12. The number of benzene rings is 2. The minimum absolute atomic E-state index is 0.00391. The summed E-state index contributed by atoms with van der Waals surface area (Å²) >= 11 is 7.17. The van der Waals surface area contributed by atoms with Gasteiger partial charge in [0, 0.05) is 10.6 Å². The molecule has 1 aliphatic heterocycles. The fourth-order valence-electron chi connectivity index (χ4n) is 2.89. The third-order valence-electron chi connectivity index (χ3n) is 3.95. The molecule has 0 fully saturated rings. The van der Waals surface area contributed by atoms with Crippen LogP contribution in [0.25, 0.3) is 0 Å². The molecule has 0 spiro atoms. The number of nitrogens with zero attached hydrogens (tertiary/aromatic N) is 4. The van der Waals surface area contributed by atoms with Gasteiger partial charge < -0.3 is 5.32 Å². The van der Waals surface area contributed by atoms with Crippen LogP contribution in [-0.2, 0) is 10.0 Å². The standard InChI is InChI=1S/C17H12ClN5O2S2/c1-9-3-10(2)5-12(4-9)20-16-21-22-17-23(16)27(24,25)15-6-11(8-19)13(18)7-14(15)26-17/h3-7H,1-2H3,(H,20,21). The molecule has 1 aromatic heterocycles. The van der Waals surface area contributed by atoms with Gasteiger partial charge in [0.1, 0.15) is 11.0 Å². The quantitative estimate of drug-likeness (QED) is 0.528. The van der Waals surface area contributed by atoms with Crippen LogP contribution in [0.1, 0.15) is 16.7 Å². The molecule has 1 aliphatic rings. The van der Waals surface area contributed by atoms with Crippen LogP contribution in [0.3, 0.4) is 0 Å². The SMILES string of the molecule is Cc1cc(C)cc(Nc2nnc3n2S(=O)(=O)c2cc(C#N)c(Cl)cc2S3)c1. The van der Waals surface area contributed by atoms with Gasteiger partial charge in [0.25, 0.3) is 10.0 Å². The van der Waals surface area contributed by atoms with E-state index >= 15 is 0 Å². The lowest BCUT2D eigenvalue weighted by Crippen LogP contribution is -2.20. The second-order valence-corrected chi connectivity index (χ2v) is 9.24. The van der Waals surface area contributed by atoms with Crippen molar-refractivity contribution in [1.82, 2.24) is 14.2 Å². The van der Waals surface area contributed by atoms with Gasteiger partial charge in [-0.15, -0.1) is 10.2 Å². The highest BCUT2D eigenvalue weighted by molar-refractivity contribution is 8.01. The van der Waals surface area contributed by atoms with E-state index < -0.39 is 10.0 Å². The topological polar surface area (TPSA) is 101 Å². The lowest BCUT2D eigenvalue weighted by atomic mass is 10.1. The Labute approximate surface area is 165 Å². The summed E-state index contributed by atoms with van der Waals surface area (Å²) in [5.74, 6) is 0.0848. The van der Waals surface area contributed by atoms with Crippen molar-refractivity contribution >= 4 is 45.0 Å². The van der Waals surface area contributed by atoms with Crippen LogP contribution in [0.5, 0.6) is 0 Å². The fraction of sp³-hybridized carbons (Fsp3) is 0.118. The van der Waals surface area contributed by atoms with E-state index in [9.17, 15) is 8.42 Å². The number of fused-ring (bicyclic) bond motifs is 2. The summed E-state index contributed by atoms with van der Waals surface area (Å²) in [5.41, 5.74) is 2.88. The molecule has 3 aromatic rings. The van der Waals surface area contributed by atoms with Crippen molar-refractivity contribution in [2.45, 2.75) is 28.8 Å². The zero-order valence-corrected chi connectivity index (χ0v) is 16.6. The number of halogens is 1. The molecule has 0 radical (unpaired) electrons. The van der Waals surface area contributed by atoms with Gasteiger partial charge in [-0.25, -0.2) is 8.42 Å². The number of hydrogen-bond acceptors (Lipinski definition) is 7. The number of aryl methyl sites for hydroxylation is 2. The third-order valence-corrected chi connectivity index (χ3v) is 7.23. The van der Waals surface area contributed by atoms with Crippen molar-refractivity contribution in [1.29, 1.82) is 5.26 Å². The van der Waals surface area contributed by atoms with Crippen molar-refractivity contribution < 1.29 is 8.42 Å². The van der Waals surface area contributed by atoms with Gasteiger partial charge in [0.15, 0.2) is 0 Å². The zero-order chi connectivity index (χ0) is 19.3. The summed E-state index contributed by atoms with van der Waals surface area (Å²) < 4.78 is 27.4. The average molecular weight is 418 g/mol. The summed E-state index contributed by atoms with van der Waals surface area (Å²) in [4.78, 5) is 0.418. The number of nitriles is 1. The normalized spacial score (nSPS) is 14.1. The summed E-state index contributed by atoms with van der Waals surface area (Å²) in [6, 6.07) is 10.4. The molecular formula is C17H12ClN5O2S2. The first-order chi connectivity index (χ1) is 12.8. The van der Waals surface area contributed by atoms with E-state index in [4.69, 9.17) is 16.9 Å². The number of rotatable bonds is 2. The molecule has 2 aromatic carbocycles. The van der Waals surface area contributed by atoms with Crippen LogP contribution >= 0.6 is 23.4 Å². The van der Waals surface area contributed by atoms with Crippen molar-refractivity contribution in [2.75, 3.05) is 5.32 Å². The van der Waals surface area contributed by atoms with Crippen molar-refractivity contribution in [3.63, 3.8) is 0 Å². The van der Waals surface area contributed by atoms with E-state index in [1.165, 1.54) is 12.1 Å². The molecule has 0 saturated heterocycles. The second kappa shape index (κ2) is 6.27. The van der Waals surface area contributed by atoms with Gasteiger partial charge in [0.2, 0.25) is 11.1 Å². The largest absolute Gasteiger partial charge is 0.323 e. The van der Waals surface area contributed by atoms with E-state index in [0.717, 1.165) is 26.9 Å². The molecule has 1 N–H and O–H groups in total. The molecule has 4 rings (SSSR count). The molecule has 0 aliphatic carbocycles. The molecule has 10 heteroatoms. The molecule has 0 atom stereocenters. The summed E-state index contributed by atoms with van der Waals surface area (Å²) in [5, 5.41) is 20.6. The molecular weight excluding hydrogens is 406 g/mol. The van der Waals surface area contributed by atoms with Crippen LogP contribution in [0.2, 0.25) is 5.02 Å². The Kier molecular flexibility index (Phi) is 4.14. The molecule has 0 bridgehead atoms. The summed E-state index contributed by atoms with van der Waals surface area (Å²) in [6.07, 6.45) is 0. The van der Waals surface area contributed by atoms with Gasteiger partial charge in [-0.2, -0.15) is 9.23 Å². The zero-order valence-electron chi connectivity index (χ0n) is 14.2. The Morgan fingerprint density at radius 3 is 2.52 bits per heavy atom. The van der Waals surface area contributed by atoms with Gasteiger partial charge in [0.05, 0.1) is 10.6 Å². The van der Waals surface area contributed by atoms with E-state index in [1.54, 1.807) is 0 Å². The Balaban J connectivity index is 1.84. The van der Waals surface area contributed by atoms with Crippen LogP contribution in [0.4, 0.5) is 11.6 Å². The van der Waals surface area contributed by atoms with E-state index in [0.29, 0.717) is 10.6 Å². The van der Waals surface area contributed by atoms with Crippen LogP contribution in [-0.4, -0.2) is 22.6 Å². The van der Waals surface area contributed by atoms with Gasteiger partial charge in [-0.3, -0.25) is 0 Å². The Hall–Kier alpha value is -2.54. The maximum atomic E-state index is 13.2. The molecule has 0 saturated carbocycles. The molecule has 27 heavy (non-hydrogen) atoms. The van der Waals surface area contributed by atoms with Crippen LogP contribution in [0, 0.1) is 25.2 Å². The van der Waals surface area contributed by atoms with E-state index in [-0.39, 0.29) is 26.6 Å². The Morgan fingerprint density at radius 2 is 1.85 bits per heavy atom. The lowest BCUT2D eigenvalue weighted by molar-refractivity contribution is 0.579. The highest BCUT2D eigenvalue weighted by Gasteiger charge is 2.35. The molecule has 136 valence electrons. The molecule has 2 heterocycles. The van der Waals surface area contributed by atoms with Crippen LogP contribution in [0.15, 0.2) is 45.3 Å². The smallest absolute Gasteiger partial charge is 0.273 e.